The molecule has 2 aromatic carbocycles. The van der Waals surface area contributed by atoms with Crippen molar-refractivity contribution in [1.82, 2.24) is 10.2 Å². The molecule has 1 aliphatic carbocycles. The lowest BCUT2D eigenvalue weighted by Gasteiger charge is -2.30. The number of amides is 2. The number of carbonyl (C=O) groups is 3. The second-order valence-electron chi connectivity index (χ2n) is 8.86. The van der Waals surface area contributed by atoms with Crippen molar-refractivity contribution in [2.24, 2.45) is 5.92 Å². The molecule has 0 aromatic heterocycles. The van der Waals surface area contributed by atoms with Gasteiger partial charge in [-0.3, -0.25) is 4.79 Å². The highest BCUT2D eigenvalue weighted by Gasteiger charge is 2.39. The van der Waals surface area contributed by atoms with E-state index in [4.69, 9.17) is 4.74 Å². The minimum atomic E-state index is -1.01. The van der Waals surface area contributed by atoms with Gasteiger partial charge in [0.1, 0.15) is 18.7 Å². The fraction of sp³-hybridized carbons (Fsp3) is 0.423. The van der Waals surface area contributed by atoms with E-state index in [2.05, 4.69) is 17.4 Å². The number of nitrogens with zero attached hydrogens (tertiary/aromatic N) is 1. The molecular weight excluding hydrogens is 420 g/mol. The maximum absolute atomic E-state index is 13.2. The maximum atomic E-state index is 13.2. The molecule has 0 bridgehead atoms. The van der Waals surface area contributed by atoms with Gasteiger partial charge in [0.2, 0.25) is 5.91 Å². The molecule has 7 nitrogen and oxygen atoms in total. The van der Waals surface area contributed by atoms with Crippen LogP contribution >= 0.6 is 0 Å². The largest absolute Gasteiger partial charge is 0.480 e. The molecule has 2 aliphatic rings. The molecule has 2 N–H and O–H groups in total. The summed E-state index contributed by atoms with van der Waals surface area (Å²) in [4.78, 5) is 38.9. The van der Waals surface area contributed by atoms with Crippen LogP contribution in [0.15, 0.2) is 48.5 Å². The Hall–Kier alpha value is -3.35. The smallest absolute Gasteiger partial charge is 0.407 e. The number of carboxylic acid groups (broad SMARTS) is 1. The van der Waals surface area contributed by atoms with Crippen LogP contribution in [-0.4, -0.2) is 53.2 Å². The van der Waals surface area contributed by atoms with Gasteiger partial charge in [0.15, 0.2) is 0 Å². The van der Waals surface area contributed by atoms with E-state index < -0.39 is 24.1 Å². The summed E-state index contributed by atoms with van der Waals surface area (Å²) in [6.07, 6.45) is 1.06. The van der Waals surface area contributed by atoms with Gasteiger partial charge in [-0.25, -0.2) is 9.59 Å². The molecular formula is C26H30N2O5. The van der Waals surface area contributed by atoms with E-state index in [1.165, 1.54) is 4.90 Å². The van der Waals surface area contributed by atoms with Crippen LogP contribution < -0.4 is 5.32 Å². The number of aliphatic carboxylic acids is 1. The number of ether oxygens (including phenoxy) is 1. The first-order valence-electron chi connectivity index (χ1n) is 11.6. The van der Waals surface area contributed by atoms with Gasteiger partial charge in [-0.05, 0) is 41.0 Å². The molecule has 0 saturated carbocycles. The van der Waals surface area contributed by atoms with Gasteiger partial charge in [-0.2, -0.15) is 0 Å². The summed E-state index contributed by atoms with van der Waals surface area (Å²) in [5.41, 5.74) is 4.51. The molecule has 1 saturated heterocycles. The highest BCUT2D eigenvalue weighted by atomic mass is 16.5. The van der Waals surface area contributed by atoms with Crippen molar-refractivity contribution in [2.75, 3.05) is 13.2 Å². The zero-order valence-corrected chi connectivity index (χ0v) is 19.0. The van der Waals surface area contributed by atoms with Crippen LogP contribution in [0.25, 0.3) is 11.1 Å². The third-order valence-electron chi connectivity index (χ3n) is 6.92. The van der Waals surface area contributed by atoms with E-state index in [-0.39, 0.29) is 24.3 Å². The average molecular weight is 451 g/mol. The number of carboxylic acids is 1. The topological polar surface area (TPSA) is 95.9 Å². The van der Waals surface area contributed by atoms with Crippen LogP contribution in [0.5, 0.6) is 0 Å². The summed E-state index contributed by atoms with van der Waals surface area (Å²) in [5, 5.41) is 12.2. The van der Waals surface area contributed by atoms with Crippen molar-refractivity contribution in [3.8, 4) is 11.1 Å². The number of likely N-dealkylation sites (tertiary alicyclic amines) is 1. The molecule has 1 fully saturated rings. The molecule has 7 heteroatoms. The standard InChI is InChI=1S/C26H30N2O5/c1-3-16(2)23(24(29)28-14-8-13-22(28)25(30)31)27-26(32)33-15-21-19-11-6-4-9-17(19)18-10-5-7-12-20(18)21/h4-7,9-12,16,21-23H,3,8,13-15H2,1-2H3,(H,27,32)(H,30,31)/t16-,22?,23-/m0/s1. The molecule has 2 amide bonds. The van der Waals surface area contributed by atoms with Gasteiger partial charge in [0.25, 0.3) is 0 Å². The first-order chi connectivity index (χ1) is 15.9. The second-order valence-corrected chi connectivity index (χ2v) is 8.86. The van der Waals surface area contributed by atoms with Crippen LogP contribution in [0, 0.1) is 5.92 Å². The number of hydrogen-bond donors (Lipinski definition) is 2. The zero-order chi connectivity index (χ0) is 23.5. The van der Waals surface area contributed by atoms with Gasteiger partial charge in [0.05, 0.1) is 0 Å². The lowest BCUT2D eigenvalue weighted by atomic mass is 9.97. The van der Waals surface area contributed by atoms with E-state index in [1.54, 1.807) is 0 Å². The third kappa shape index (κ3) is 4.45. The molecule has 1 aliphatic heterocycles. The van der Waals surface area contributed by atoms with E-state index in [0.29, 0.717) is 25.8 Å². The molecule has 1 heterocycles. The predicted octanol–water partition coefficient (Wildman–Crippen LogP) is 4.02. The average Bonchev–Trinajstić information content (AvgIpc) is 3.44. The van der Waals surface area contributed by atoms with Crippen molar-refractivity contribution < 1.29 is 24.2 Å². The summed E-state index contributed by atoms with van der Waals surface area (Å²) in [6, 6.07) is 14.5. The minimum Gasteiger partial charge on any atom is -0.480 e. The predicted molar refractivity (Wildman–Crippen MR) is 124 cm³/mol. The number of fused-ring (bicyclic) bond motifs is 3. The van der Waals surface area contributed by atoms with E-state index in [9.17, 15) is 19.5 Å². The fourth-order valence-corrected chi connectivity index (χ4v) is 4.92. The zero-order valence-electron chi connectivity index (χ0n) is 19.0. The fourth-order valence-electron chi connectivity index (χ4n) is 4.92. The molecule has 0 radical (unpaired) electrons. The van der Waals surface area contributed by atoms with Crippen molar-refractivity contribution in [3.63, 3.8) is 0 Å². The van der Waals surface area contributed by atoms with Crippen LogP contribution in [0.1, 0.15) is 50.2 Å². The number of nitrogens with one attached hydrogen (secondary N) is 1. The van der Waals surface area contributed by atoms with Gasteiger partial charge >= 0.3 is 12.1 Å². The van der Waals surface area contributed by atoms with E-state index in [1.807, 2.05) is 50.2 Å². The summed E-state index contributed by atoms with van der Waals surface area (Å²) in [5.74, 6) is -1.60. The van der Waals surface area contributed by atoms with Crippen LogP contribution in [0.3, 0.4) is 0 Å². The lowest BCUT2D eigenvalue weighted by molar-refractivity contribution is -0.149. The maximum Gasteiger partial charge on any atom is 0.407 e. The molecule has 2 aromatic rings. The number of carbonyl (C=O) groups excluding carboxylic acids is 2. The normalized spacial score (nSPS) is 18.8. The molecule has 0 spiro atoms. The quantitative estimate of drug-likeness (QED) is 0.664. The monoisotopic (exact) mass is 450 g/mol. The Bertz CT molecular complexity index is 1010. The molecule has 33 heavy (non-hydrogen) atoms. The SMILES string of the molecule is CC[C@H](C)[C@H](NC(=O)OCC1c2ccccc2-c2ccccc21)C(=O)N1CCCC1C(=O)O. The highest BCUT2D eigenvalue weighted by Crippen LogP contribution is 2.44. The Labute approximate surface area is 193 Å². The van der Waals surface area contributed by atoms with Crippen LogP contribution in [0.4, 0.5) is 4.79 Å². The second kappa shape index (κ2) is 9.65. The lowest BCUT2D eigenvalue weighted by Crippen LogP contribution is -2.54. The van der Waals surface area contributed by atoms with Crippen molar-refractivity contribution in [1.29, 1.82) is 0 Å². The van der Waals surface area contributed by atoms with Gasteiger partial charge < -0.3 is 20.1 Å². The number of hydrogen-bond acceptors (Lipinski definition) is 4. The van der Waals surface area contributed by atoms with Crippen molar-refractivity contribution in [2.45, 2.75) is 51.1 Å². The Morgan fingerprint density at radius 3 is 2.27 bits per heavy atom. The summed E-state index contributed by atoms with van der Waals surface area (Å²) >= 11 is 0. The summed E-state index contributed by atoms with van der Waals surface area (Å²) in [6.45, 7) is 4.35. The van der Waals surface area contributed by atoms with E-state index >= 15 is 0 Å². The van der Waals surface area contributed by atoms with Gasteiger partial charge in [-0.1, -0.05) is 68.8 Å². The van der Waals surface area contributed by atoms with Crippen LogP contribution in [-0.2, 0) is 14.3 Å². The molecule has 1 unspecified atom stereocenters. The first-order valence-corrected chi connectivity index (χ1v) is 11.6. The first kappa shape index (κ1) is 22.8. The van der Waals surface area contributed by atoms with Gasteiger partial charge in [0, 0.05) is 12.5 Å². The Balaban J connectivity index is 1.46. The molecule has 3 atom stereocenters. The number of rotatable bonds is 7. The summed E-state index contributed by atoms with van der Waals surface area (Å²) in [7, 11) is 0. The summed E-state index contributed by atoms with van der Waals surface area (Å²) < 4.78 is 5.61. The Kier molecular flexibility index (Phi) is 6.67. The number of alkyl carbamates (subject to hydrolysis) is 1. The van der Waals surface area contributed by atoms with Crippen molar-refractivity contribution >= 4 is 18.0 Å². The van der Waals surface area contributed by atoms with Crippen molar-refractivity contribution in [3.05, 3.63) is 59.7 Å². The Morgan fingerprint density at radius 1 is 1.09 bits per heavy atom. The highest BCUT2D eigenvalue weighted by molar-refractivity contribution is 5.90. The van der Waals surface area contributed by atoms with Crippen LogP contribution in [0.2, 0.25) is 0 Å². The third-order valence-corrected chi connectivity index (χ3v) is 6.92. The Morgan fingerprint density at radius 2 is 1.70 bits per heavy atom. The minimum absolute atomic E-state index is 0.0733. The van der Waals surface area contributed by atoms with Gasteiger partial charge in [-0.15, -0.1) is 0 Å². The molecule has 4 rings (SSSR count). The molecule has 174 valence electrons. The number of benzene rings is 2. The van der Waals surface area contributed by atoms with E-state index in [0.717, 1.165) is 22.3 Å².